The van der Waals surface area contributed by atoms with E-state index >= 15 is 0 Å². The molecule has 0 saturated heterocycles. The van der Waals surface area contributed by atoms with Gasteiger partial charge in [-0.25, -0.2) is 4.79 Å². The van der Waals surface area contributed by atoms with Gasteiger partial charge in [-0.3, -0.25) is 0 Å². The molecule has 3 rings (SSSR count). The predicted octanol–water partition coefficient (Wildman–Crippen LogP) is 0.474. The van der Waals surface area contributed by atoms with Crippen molar-refractivity contribution in [2.24, 2.45) is 0 Å². The van der Waals surface area contributed by atoms with E-state index in [9.17, 15) is 9.90 Å². The van der Waals surface area contributed by atoms with E-state index in [0.717, 1.165) is 0 Å². The van der Waals surface area contributed by atoms with Crippen molar-refractivity contribution in [3.05, 3.63) is 41.0 Å². The minimum Gasteiger partial charge on any atom is -0.500 e. The molecule has 0 aliphatic rings. The molecular weight excluding hydrogens is 224 g/mol. The van der Waals surface area contributed by atoms with Crippen molar-refractivity contribution in [2.75, 3.05) is 0 Å². The molecule has 2 heterocycles. The summed E-state index contributed by atoms with van der Waals surface area (Å²) in [5.41, 5.74) is -0.253. The van der Waals surface area contributed by atoms with Gasteiger partial charge in [-0.05, 0) is 22.6 Å². The Morgan fingerprint density at radius 3 is 2.88 bits per heavy atom. The zero-order chi connectivity index (χ0) is 11.8. The Bertz CT molecular complexity index is 733. The highest BCUT2D eigenvalue weighted by molar-refractivity contribution is 5.87. The van der Waals surface area contributed by atoms with E-state index in [1.54, 1.807) is 24.3 Å². The Hall–Kier alpha value is -2.70. The molecule has 0 fully saturated rings. The molecule has 0 bridgehead atoms. The van der Waals surface area contributed by atoms with E-state index in [4.69, 9.17) is 4.42 Å². The normalized spacial score (nSPS) is 10.8. The quantitative estimate of drug-likeness (QED) is 0.611. The average molecular weight is 230 g/mol. The molecule has 0 amide bonds. The van der Waals surface area contributed by atoms with Gasteiger partial charge in [0.05, 0.1) is 0 Å². The fourth-order valence-electron chi connectivity index (χ4n) is 1.62. The first-order chi connectivity index (χ1) is 8.27. The summed E-state index contributed by atoms with van der Waals surface area (Å²) in [6, 6.07) is 6.82. The zero-order valence-electron chi connectivity index (χ0n) is 8.44. The van der Waals surface area contributed by atoms with Crippen molar-refractivity contribution in [1.82, 2.24) is 20.2 Å². The lowest BCUT2D eigenvalue weighted by Crippen LogP contribution is -2.06. The average Bonchev–Trinajstić information content (AvgIpc) is 2.84. The van der Waals surface area contributed by atoms with Crippen LogP contribution in [0.2, 0.25) is 0 Å². The molecule has 1 aromatic carbocycles. The molecule has 7 heteroatoms. The Labute approximate surface area is 93.9 Å². The minimum atomic E-state index is -0.825. The number of aromatic hydroxyl groups is 1. The number of fused-ring (bicyclic) bond motifs is 1. The van der Waals surface area contributed by atoms with Gasteiger partial charge < -0.3 is 9.52 Å². The van der Waals surface area contributed by atoms with Crippen LogP contribution in [0.3, 0.4) is 0 Å². The fraction of sp³-hybridized carbons (Fsp3) is 0. The van der Waals surface area contributed by atoms with Crippen LogP contribution >= 0.6 is 0 Å². The second kappa shape index (κ2) is 3.41. The van der Waals surface area contributed by atoms with Gasteiger partial charge in [-0.2, -0.15) is 4.68 Å². The maximum absolute atomic E-state index is 11.5. The largest absolute Gasteiger partial charge is 0.500 e. The van der Waals surface area contributed by atoms with Crippen molar-refractivity contribution in [2.45, 2.75) is 0 Å². The van der Waals surface area contributed by atoms with Crippen LogP contribution < -0.4 is 5.63 Å². The van der Waals surface area contributed by atoms with E-state index in [1.165, 1.54) is 11.0 Å². The molecule has 3 aromatic rings. The molecule has 0 aliphatic heterocycles. The number of para-hydroxylation sites is 1. The first-order valence-electron chi connectivity index (χ1n) is 4.75. The number of hydrogen-bond donors (Lipinski definition) is 1. The molecule has 0 aliphatic carbocycles. The third kappa shape index (κ3) is 1.36. The van der Waals surface area contributed by atoms with Crippen molar-refractivity contribution in [3.63, 3.8) is 0 Å². The SMILES string of the molecule is O=c1oc2ccccc2c(-n2cnnn2)c1O. The molecule has 7 nitrogen and oxygen atoms in total. The summed E-state index contributed by atoms with van der Waals surface area (Å²) in [5, 5.41) is 20.9. The van der Waals surface area contributed by atoms with Crippen molar-refractivity contribution >= 4 is 11.0 Å². The Balaban J connectivity index is 2.50. The van der Waals surface area contributed by atoms with Gasteiger partial charge >= 0.3 is 5.63 Å². The lowest BCUT2D eigenvalue weighted by Gasteiger charge is -2.05. The van der Waals surface area contributed by atoms with Crippen LogP contribution in [0.4, 0.5) is 0 Å². The van der Waals surface area contributed by atoms with Crippen LogP contribution in [0.25, 0.3) is 16.7 Å². The Kier molecular flexibility index (Phi) is 1.91. The van der Waals surface area contributed by atoms with E-state index in [2.05, 4.69) is 15.5 Å². The van der Waals surface area contributed by atoms with E-state index in [0.29, 0.717) is 11.0 Å². The first kappa shape index (κ1) is 9.52. The molecular formula is C10H6N4O3. The zero-order valence-corrected chi connectivity index (χ0v) is 8.44. The smallest absolute Gasteiger partial charge is 0.381 e. The molecule has 0 radical (unpaired) electrons. The summed E-state index contributed by atoms with van der Waals surface area (Å²) in [4.78, 5) is 11.5. The number of nitrogens with zero attached hydrogens (tertiary/aromatic N) is 4. The summed E-state index contributed by atoms with van der Waals surface area (Å²) >= 11 is 0. The van der Waals surface area contributed by atoms with Crippen LogP contribution in [0, 0.1) is 0 Å². The van der Waals surface area contributed by atoms with Gasteiger partial charge in [0.1, 0.15) is 17.6 Å². The van der Waals surface area contributed by atoms with E-state index < -0.39 is 11.4 Å². The fourth-order valence-corrected chi connectivity index (χ4v) is 1.62. The molecule has 0 saturated carbocycles. The highest BCUT2D eigenvalue weighted by Gasteiger charge is 2.15. The third-order valence-electron chi connectivity index (χ3n) is 2.34. The van der Waals surface area contributed by atoms with Gasteiger partial charge in [-0.15, -0.1) is 5.10 Å². The van der Waals surface area contributed by atoms with Crippen LogP contribution in [-0.2, 0) is 0 Å². The summed E-state index contributed by atoms with van der Waals surface area (Å²) in [6.45, 7) is 0. The monoisotopic (exact) mass is 230 g/mol. The Morgan fingerprint density at radius 1 is 1.29 bits per heavy atom. The molecule has 0 atom stereocenters. The van der Waals surface area contributed by atoms with Crippen LogP contribution in [0.1, 0.15) is 0 Å². The summed E-state index contributed by atoms with van der Waals surface area (Å²) in [7, 11) is 0. The molecule has 0 spiro atoms. The number of hydrogen-bond acceptors (Lipinski definition) is 6. The summed E-state index contributed by atoms with van der Waals surface area (Å²) in [5.74, 6) is -0.518. The Morgan fingerprint density at radius 2 is 2.12 bits per heavy atom. The second-order valence-electron chi connectivity index (χ2n) is 3.34. The highest BCUT2D eigenvalue weighted by Crippen LogP contribution is 2.26. The van der Waals surface area contributed by atoms with Gasteiger partial charge in [0.15, 0.2) is 0 Å². The topological polar surface area (TPSA) is 94.0 Å². The number of benzene rings is 1. The maximum atomic E-state index is 11.5. The first-order valence-corrected chi connectivity index (χ1v) is 4.75. The van der Waals surface area contributed by atoms with E-state index in [1.807, 2.05) is 0 Å². The standard InChI is InChI=1S/C10H6N4O3/c15-9-8(14-5-11-12-13-14)6-3-1-2-4-7(6)17-10(9)16/h1-5,15H. The number of rotatable bonds is 1. The van der Waals surface area contributed by atoms with Crippen LogP contribution in [0.15, 0.2) is 39.8 Å². The summed E-state index contributed by atoms with van der Waals surface area (Å²) in [6.07, 6.45) is 1.29. The van der Waals surface area contributed by atoms with Crippen LogP contribution in [0.5, 0.6) is 5.75 Å². The summed E-state index contributed by atoms with van der Waals surface area (Å²) < 4.78 is 6.16. The molecule has 84 valence electrons. The third-order valence-corrected chi connectivity index (χ3v) is 2.34. The highest BCUT2D eigenvalue weighted by atomic mass is 16.4. The molecule has 1 N–H and O–H groups in total. The maximum Gasteiger partial charge on any atom is 0.381 e. The number of tetrazole rings is 1. The van der Waals surface area contributed by atoms with Gasteiger partial charge in [0.25, 0.3) is 0 Å². The molecule has 17 heavy (non-hydrogen) atoms. The molecule has 2 aromatic heterocycles. The van der Waals surface area contributed by atoms with Gasteiger partial charge in [0, 0.05) is 5.39 Å². The van der Waals surface area contributed by atoms with Gasteiger partial charge in [-0.1, -0.05) is 12.1 Å². The van der Waals surface area contributed by atoms with Crippen molar-refractivity contribution in [1.29, 1.82) is 0 Å². The minimum absolute atomic E-state index is 0.210. The van der Waals surface area contributed by atoms with Crippen molar-refractivity contribution < 1.29 is 9.52 Å². The van der Waals surface area contributed by atoms with Crippen molar-refractivity contribution in [3.8, 4) is 11.4 Å². The molecule has 0 unspecified atom stereocenters. The van der Waals surface area contributed by atoms with Crippen LogP contribution in [-0.4, -0.2) is 25.3 Å². The van der Waals surface area contributed by atoms with E-state index in [-0.39, 0.29) is 5.69 Å². The lowest BCUT2D eigenvalue weighted by molar-refractivity contribution is 0.424. The number of aromatic nitrogens is 4. The van der Waals surface area contributed by atoms with Gasteiger partial charge in [0.2, 0.25) is 5.75 Å². The second-order valence-corrected chi connectivity index (χ2v) is 3.34. The predicted molar refractivity (Wildman–Crippen MR) is 56.9 cm³/mol. The lowest BCUT2D eigenvalue weighted by atomic mass is 10.2.